The van der Waals surface area contributed by atoms with Gasteiger partial charge in [0.05, 0.1) is 29.4 Å². The van der Waals surface area contributed by atoms with E-state index in [2.05, 4.69) is 0 Å². The maximum Gasteiger partial charge on any atom is 0.257 e. The van der Waals surface area contributed by atoms with Gasteiger partial charge in [0.25, 0.3) is 5.91 Å². The van der Waals surface area contributed by atoms with Gasteiger partial charge in [-0.3, -0.25) is 14.5 Å². The van der Waals surface area contributed by atoms with Gasteiger partial charge in [0.1, 0.15) is 11.8 Å². The maximum absolute atomic E-state index is 13.5. The molecule has 2 aliphatic heterocycles. The number of fused-ring (bicyclic) bond motifs is 1. The lowest BCUT2D eigenvalue weighted by Crippen LogP contribution is -2.49. The molecule has 7 nitrogen and oxygen atoms in total. The fourth-order valence-electron chi connectivity index (χ4n) is 5.32. The lowest BCUT2D eigenvalue weighted by molar-refractivity contribution is -0.136. The van der Waals surface area contributed by atoms with Crippen LogP contribution in [0, 0.1) is 5.92 Å². The van der Waals surface area contributed by atoms with E-state index in [0.29, 0.717) is 12.3 Å². The van der Waals surface area contributed by atoms with Crippen molar-refractivity contribution < 1.29 is 14.0 Å². The molecular weight excluding hydrogens is 400 g/mol. The van der Waals surface area contributed by atoms with E-state index in [1.54, 1.807) is 22.6 Å². The first kappa shape index (κ1) is 19.5. The van der Waals surface area contributed by atoms with Crippen molar-refractivity contribution in [2.45, 2.75) is 56.7 Å². The molecule has 2 N–H and O–H groups in total. The van der Waals surface area contributed by atoms with Crippen molar-refractivity contribution in [2.24, 2.45) is 16.8 Å². The number of rotatable bonds is 5. The first-order valence-electron chi connectivity index (χ1n) is 10.6. The number of hydrogen-bond acceptors (Lipinski definition) is 6. The Hall–Kier alpha value is -2.45. The summed E-state index contributed by atoms with van der Waals surface area (Å²) >= 11 is 1.61. The van der Waals surface area contributed by atoms with Crippen LogP contribution in [0.1, 0.15) is 55.2 Å². The van der Waals surface area contributed by atoms with E-state index in [1.807, 2.05) is 34.5 Å². The first-order valence-corrected chi connectivity index (χ1v) is 11.5. The molecule has 0 unspecified atom stereocenters. The molecule has 2 fully saturated rings. The zero-order valence-electron chi connectivity index (χ0n) is 16.8. The van der Waals surface area contributed by atoms with Crippen molar-refractivity contribution >= 4 is 28.9 Å². The Morgan fingerprint density at radius 2 is 2.10 bits per heavy atom. The van der Waals surface area contributed by atoms with Crippen molar-refractivity contribution in [1.29, 1.82) is 0 Å². The van der Waals surface area contributed by atoms with E-state index in [4.69, 9.17) is 15.3 Å². The smallest absolute Gasteiger partial charge is 0.257 e. The van der Waals surface area contributed by atoms with Gasteiger partial charge >= 0.3 is 0 Å². The largest absolute Gasteiger partial charge is 0.467 e. The fourth-order valence-corrected chi connectivity index (χ4v) is 6.04. The minimum absolute atomic E-state index is 0.111. The highest BCUT2D eigenvalue weighted by molar-refractivity contribution is 7.12. The van der Waals surface area contributed by atoms with Gasteiger partial charge in [-0.1, -0.05) is 18.9 Å². The summed E-state index contributed by atoms with van der Waals surface area (Å²) in [5.74, 6) is 0.736. The summed E-state index contributed by atoms with van der Waals surface area (Å²) in [6.45, 7) is 0.160. The minimum Gasteiger partial charge on any atom is -0.467 e. The van der Waals surface area contributed by atoms with E-state index in [9.17, 15) is 9.59 Å². The molecule has 4 heterocycles. The molecule has 0 bridgehead atoms. The minimum atomic E-state index is -0.368. The van der Waals surface area contributed by atoms with Crippen LogP contribution in [-0.2, 0) is 9.59 Å². The summed E-state index contributed by atoms with van der Waals surface area (Å²) < 4.78 is 5.63. The molecule has 1 aliphatic carbocycles. The van der Waals surface area contributed by atoms with Crippen LogP contribution in [0.25, 0.3) is 0 Å². The van der Waals surface area contributed by atoms with Crippen LogP contribution in [0.3, 0.4) is 0 Å². The molecule has 0 aromatic carbocycles. The molecule has 2 aromatic rings. The normalized spacial score (nSPS) is 29.1. The Morgan fingerprint density at radius 1 is 1.23 bits per heavy atom. The van der Waals surface area contributed by atoms with Crippen LogP contribution in [-0.4, -0.2) is 46.1 Å². The predicted octanol–water partition coefficient (Wildman–Crippen LogP) is 3.14. The molecule has 2 amide bonds. The van der Waals surface area contributed by atoms with Crippen LogP contribution in [0.5, 0.6) is 0 Å². The van der Waals surface area contributed by atoms with Crippen LogP contribution < -0.4 is 5.73 Å². The van der Waals surface area contributed by atoms with Crippen LogP contribution in [0.15, 0.2) is 45.4 Å². The lowest BCUT2D eigenvalue weighted by atomic mass is 9.84. The Bertz CT molecular complexity index is 940. The van der Waals surface area contributed by atoms with Gasteiger partial charge in [-0.05, 0) is 48.8 Å². The van der Waals surface area contributed by atoms with Gasteiger partial charge in [-0.25, -0.2) is 5.01 Å². The molecule has 30 heavy (non-hydrogen) atoms. The van der Waals surface area contributed by atoms with Gasteiger partial charge in [0.2, 0.25) is 5.91 Å². The van der Waals surface area contributed by atoms with Crippen molar-refractivity contribution in [2.75, 3.05) is 6.54 Å². The number of likely N-dealkylation sites (tertiary alicyclic amines) is 1. The van der Waals surface area contributed by atoms with Crippen molar-refractivity contribution in [3.05, 3.63) is 46.5 Å². The first-order chi connectivity index (χ1) is 14.6. The molecule has 8 heteroatoms. The SMILES string of the molecule is NC(=O)[C@@H]1C[C@@H]2CCCC[C@H]2N1CC(=O)N1N=C(c2cccs2)C[C@@H]1c1ccco1. The van der Waals surface area contributed by atoms with Crippen LogP contribution in [0.4, 0.5) is 0 Å². The molecule has 3 aliphatic rings. The Kier molecular flexibility index (Phi) is 5.20. The number of furan rings is 1. The lowest BCUT2D eigenvalue weighted by Gasteiger charge is -2.33. The number of primary amides is 1. The van der Waals surface area contributed by atoms with E-state index in [1.165, 1.54) is 6.42 Å². The van der Waals surface area contributed by atoms with Crippen molar-refractivity contribution in [3.63, 3.8) is 0 Å². The summed E-state index contributed by atoms with van der Waals surface area (Å²) in [4.78, 5) is 28.7. The summed E-state index contributed by atoms with van der Waals surface area (Å²) in [6, 6.07) is 7.35. The number of thiophene rings is 1. The number of hydrazone groups is 1. The average Bonchev–Trinajstić information content (AvgIpc) is 3.53. The number of hydrogen-bond donors (Lipinski definition) is 1. The molecule has 2 aromatic heterocycles. The van der Waals surface area contributed by atoms with E-state index in [0.717, 1.165) is 42.0 Å². The predicted molar refractivity (Wildman–Crippen MR) is 114 cm³/mol. The zero-order valence-corrected chi connectivity index (χ0v) is 17.6. The number of carbonyl (C=O) groups excluding carboxylic acids is 2. The Labute approximate surface area is 179 Å². The second-order valence-electron chi connectivity index (χ2n) is 8.44. The highest BCUT2D eigenvalue weighted by Crippen LogP contribution is 2.40. The quantitative estimate of drug-likeness (QED) is 0.795. The highest BCUT2D eigenvalue weighted by atomic mass is 32.1. The third kappa shape index (κ3) is 3.48. The number of nitrogens with zero attached hydrogens (tertiary/aromatic N) is 3. The Balaban J connectivity index is 1.40. The highest BCUT2D eigenvalue weighted by Gasteiger charge is 2.46. The van der Waals surface area contributed by atoms with E-state index >= 15 is 0 Å². The molecule has 5 rings (SSSR count). The molecular formula is C22H26N4O3S. The molecule has 4 atom stereocenters. The summed E-state index contributed by atoms with van der Waals surface area (Å²) in [5.41, 5.74) is 6.61. The van der Waals surface area contributed by atoms with Gasteiger partial charge in [-0.15, -0.1) is 11.3 Å². The molecule has 1 saturated carbocycles. The zero-order chi connectivity index (χ0) is 20.7. The van der Waals surface area contributed by atoms with Crippen molar-refractivity contribution in [1.82, 2.24) is 9.91 Å². The molecule has 0 spiro atoms. The summed E-state index contributed by atoms with van der Waals surface area (Å²) in [5, 5.41) is 8.26. The second kappa shape index (κ2) is 8.00. The van der Waals surface area contributed by atoms with Gasteiger partial charge in [-0.2, -0.15) is 5.10 Å². The number of amides is 2. The molecule has 158 valence electrons. The third-order valence-electron chi connectivity index (χ3n) is 6.71. The topological polar surface area (TPSA) is 92.1 Å². The molecule has 0 radical (unpaired) electrons. The second-order valence-corrected chi connectivity index (χ2v) is 9.38. The van der Waals surface area contributed by atoms with Crippen LogP contribution in [0.2, 0.25) is 0 Å². The fraction of sp³-hybridized carbons (Fsp3) is 0.500. The number of nitrogens with two attached hydrogens (primary N) is 1. The van der Waals surface area contributed by atoms with Gasteiger partial charge in [0, 0.05) is 12.5 Å². The number of carbonyl (C=O) groups is 2. The summed E-state index contributed by atoms with van der Waals surface area (Å²) in [6.07, 6.45) is 7.46. The molecule has 1 saturated heterocycles. The maximum atomic E-state index is 13.5. The standard InChI is InChI=1S/C22H26N4O3S/c23-22(28)18-11-14-5-1-2-6-16(14)25(18)13-21(27)26-17(19-7-3-9-29-19)12-15(24-26)20-8-4-10-30-20/h3-4,7-10,14,16-18H,1-2,5-6,11-13H2,(H2,23,28)/t14-,16+,17+,18-/m0/s1. The average molecular weight is 427 g/mol. The third-order valence-corrected chi connectivity index (χ3v) is 7.63. The van der Waals surface area contributed by atoms with E-state index < -0.39 is 0 Å². The summed E-state index contributed by atoms with van der Waals surface area (Å²) in [7, 11) is 0. The Morgan fingerprint density at radius 3 is 2.83 bits per heavy atom. The van der Waals surface area contributed by atoms with E-state index in [-0.39, 0.29) is 36.5 Å². The van der Waals surface area contributed by atoms with Crippen LogP contribution >= 0.6 is 11.3 Å². The monoisotopic (exact) mass is 426 g/mol. The van der Waals surface area contributed by atoms with Gasteiger partial charge < -0.3 is 10.2 Å². The van der Waals surface area contributed by atoms with Crippen molar-refractivity contribution in [3.8, 4) is 0 Å². The van der Waals surface area contributed by atoms with Gasteiger partial charge in [0.15, 0.2) is 0 Å².